The number of hydrogen-bond donors (Lipinski definition) is 1. The predicted octanol–water partition coefficient (Wildman–Crippen LogP) is 3.25. The molecule has 27 heavy (non-hydrogen) atoms. The van der Waals surface area contributed by atoms with Crippen LogP contribution >= 0.6 is 0 Å². The normalized spacial score (nSPS) is 19.6. The van der Waals surface area contributed by atoms with Crippen molar-refractivity contribution in [3.8, 4) is 0 Å². The number of nitrogens with zero attached hydrogens (tertiary/aromatic N) is 2. The minimum absolute atomic E-state index is 0.0394. The van der Waals surface area contributed by atoms with Crippen LogP contribution in [0.2, 0.25) is 0 Å². The van der Waals surface area contributed by atoms with Crippen LogP contribution in [0.5, 0.6) is 0 Å². The van der Waals surface area contributed by atoms with Gasteiger partial charge in [-0.25, -0.2) is 0 Å². The summed E-state index contributed by atoms with van der Waals surface area (Å²) in [5, 5.41) is 0. The van der Waals surface area contributed by atoms with Crippen LogP contribution in [0.1, 0.15) is 29.8 Å². The summed E-state index contributed by atoms with van der Waals surface area (Å²) in [6, 6.07) is 16.0. The van der Waals surface area contributed by atoms with Gasteiger partial charge in [0.1, 0.15) is 12.2 Å². The van der Waals surface area contributed by atoms with Gasteiger partial charge in [-0.2, -0.15) is 0 Å². The Hall–Kier alpha value is -3.08. The van der Waals surface area contributed by atoms with Gasteiger partial charge in [-0.3, -0.25) is 9.59 Å². The van der Waals surface area contributed by atoms with E-state index in [2.05, 4.69) is 6.58 Å². The highest BCUT2D eigenvalue weighted by Gasteiger charge is 2.49. The number of likely N-dealkylation sites (N-methyl/N-ethyl adjacent to an activating group) is 1. The van der Waals surface area contributed by atoms with Crippen molar-refractivity contribution >= 4 is 23.1 Å². The zero-order valence-electron chi connectivity index (χ0n) is 15.9. The van der Waals surface area contributed by atoms with Gasteiger partial charge >= 0.3 is 0 Å². The van der Waals surface area contributed by atoms with Gasteiger partial charge in [0.15, 0.2) is 0 Å². The third-order valence-corrected chi connectivity index (χ3v) is 5.04. The number of amides is 2. The van der Waals surface area contributed by atoms with Gasteiger partial charge in [-0.15, -0.1) is 0 Å². The van der Waals surface area contributed by atoms with Crippen molar-refractivity contribution in [3.63, 3.8) is 0 Å². The lowest BCUT2D eigenvalue weighted by molar-refractivity contribution is -0.129. The summed E-state index contributed by atoms with van der Waals surface area (Å²) < 4.78 is 0. The van der Waals surface area contributed by atoms with Crippen molar-refractivity contribution in [1.82, 2.24) is 9.80 Å². The summed E-state index contributed by atoms with van der Waals surface area (Å²) in [6.45, 7) is 8.10. The Morgan fingerprint density at radius 3 is 2.26 bits per heavy atom. The number of para-hydroxylation sites is 1. The molecule has 1 aliphatic heterocycles. The predicted molar refractivity (Wildman–Crippen MR) is 108 cm³/mol. The smallest absolute Gasteiger partial charge is 0.258 e. The summed E-state index contributed by atoms with van der Waals surface area (Å²) >= 11 is 0. The monoisotopic (exact) mass is 363 g/mol. The third-order valence-electron chi connectivity index (χ3n) is 5.04. The first kappa shape index (κ1) is 18.7. The summed E-state index contributed by atoms with van der Waals surface area (Å²) in [6.07, 6.45) is -0.556. The fourth-order valence-corrected chi connectivity index (χ4v) is 3.66. The van der Waals surface area contributed by atoms with Gasteiger partial charge in [0, 0.05) is 12.7 Å². The fraction of sp³-hybridized carbons (Fsp3) is 0.273. The number of hydrogen-bond acceptors (Lipinski definition) is 3. The zero-order valence-corrected chi connectivity index (χ0v) is 15.9. The van der Waals surface area contributed by atoms with Gasteiger partial charge in [0.2, 0.25) is 5.91 Å². The molecular formula is C22H25N3O2. The molecule has 5 heteroatoms. The molecule has 1 fully saturated rings. The van der Waals surface area contributed by atoms with Gasteiger partial charge in [0.25, 0.3) is 5.91 Å². The topological polar surface area (TPSA) is 66.6 Å². The molecule has 3 rings (SSSR count). The number of nitrogens with two attached hydrogens (primary N) is 1. The van der Waals surface area contributed by atoms with Crippen LogP contribution in [0.4, 0.5) is 5.69 Å². The van der Waals surface area contributed by atoms with E-state index in [0.717, 1.165) is 5.56 Å². The first-order chi connectivity index (χ1) is 12.8. The molecule has 2 aromatic rings. The van der Waals surface area contributed by atoms with Gasteiger partial charge in [-0.1, -0.05) is 62.9 Å². The molecule has 0 spiro atoms. The molecule has 0 unspecified atom stereocenters. The standard InChI is InChI=1S/C22H25N3O2/c1-14(2)19-22(27)24(4)20(15(3)16-10-6-5-7-11-16)25(19)21(26)17-12-8-9-13-18(17)23/h5-14,19-20H,3,23H2,1-2,4H3/t19-,20+/m0/s1. The minimum atomic E-state index is -0.562. The van der Waals surface area contributed by atoms with Crippen molar-refractivity contribution in [2.75, 3.05) is 12.8 Å². The van der Waals surface area contributed by atoms with Crippen LogP contribution in [0.15, 0.2) is 61.2 Å². The maximum Gasteiger partial charge on any atom is 0.258 e. The second-order valence-corrected chi connectivity index (χ2v) is 7.20. The first-order valence-corrected chi connectivity index (χ1v) is 9.02. The van der Waals surface area contributed by atoms with Crippen LogP contribution in [0.3, 0.4) is 0 Å². The number of anilines is 1. The van der Waals surface area contributed by atoms with Gasteiger partial charge < -0.3 is 15.5 Å². The number of rotatable bonds is 4. The summed E-state index contributed by atoms with van der Waals surface area (Å²) in [4.78, 5) is 29.7. The Morgan fingerprint density at radius 2 is 1.67 bits per heavy atom. The van der Waals surface area contributed by atoms with Crippen molar-refractivity contribution in [2.45, 2.75) is 26.1 Å². The Balaban J connectivity index is 2.09. The fourth-order valence-electron chi connectivity index (χ4n) is 3.66. The van der Waals surface area contributed by atoms with E-state index in [-0.39, 0.29) is 17.7 Å². The van der Waals surface area contributed by atoms with Gasteiger partial charge in [0.05, 0.1) is 5.56 Å². The van der Waals surface area contributed by atoms with E-state index in [0.29, 0.717) is 16.8 Å². The molecule has 2 atom stereocenters. The molecule has 0 bridgehead atoms. The van der Waals surface area contributed by atoms with Crippen molar-refractivity contribution in [1.29, 1.82) is 0 Å². The summed E-state index contributed by atoms with van der Waals surface area (Å²) in [7, 11) is 1.72. The van der Waals surface area contributed by atoms with Crippen LogP contribution in [-0.2, 0) is 4.79 Å². The molecule has 2 amide bonds. The van der Waals surface area contributed by atoms with E-state index in [1.165, 1.54) is 0 Å². The second kappa shape index (κ2) is 7.27. The number of carbonyl (C=O) groups is 2. The van der Waals surface area contributed by atoms with Gasteiger partial charge in [-0.05, 0) is 29.2 Å². The van der Waals surface area contributed by atoms with E-state index in [4.69, 9.17) is 5.73 Å². The molecule has 140 valence electrons. The van der Waals surface area contributed by atoms with E-state index < -0.39 is 12.2 Å². The quantitative estimate of drug-likeness (QED) is 0.848. The Morgan fingerprint density at radius 1 is 1.07 bits per heavy atom. The molecule has 2 aromatic carbocycles. The Kier molecular flexibility index (Phi) is 5.04. The lowest BCUT2D eigenvalue weighted by atomic mass is 9.99. The van der Waals surface area contributed by atoms with E-state index in [1.54, 1.807) is 41.1 Å². The summed E-state index contributed by atoms with van der Waals surface area (Å²) in [5.41, 5.74) is 8.44. The van der Waals surface area contributed by atoms with Crippen LogP contribution in [0.25, 0.3) is 5.57 Å². The SMILES string of the molecule is C=C(c1ccccc1)[C@@H]1N(C)C(=O)[C@H](C(C)C)N1C(=O)c1ccccc1N. The maximum atomic E-state index is 13.4. The molecule has 2 N–H and O–H groups in total. The molecular weight excluding hydrogens is 338 g/mol. The van der Waals surface area contributed by atoms with E-state index >= 15 is 0 Å². The molecule has 5 nitrogen and oxygen atoms in total. The highest BCUT2D eigenvalue weighted by atomic mass is 16.2. The number of carbonyl (C=O) groups excluding carboxylic acids is 2. The van der Waals surface area contributed by atoms with Crippen LogP contribution in [0, 0.1) is 5.92 Å². The zero-order chi connectivity index (χ0) is 19.7. The molecule has 0 aliphatic carbocycles. The highest BCUT2D eigenvalue weighted by Crippen LogP contribution is 2.35. The number of benzene rings is 2. The second-order valence-electron chi connectivity index (χ2n) is 7.20. The molecule has 1 saturated heterocycles. The first-order valence-electron chi connectivity index (χ1n) is 9.02. The molecule has 1 aliphatic rings. The largest absolute Gasteiger partial charge is 0.398 e. The molecule has 1 heterocycles. The molecule has 0 radical (unpaired) electrons. The van der Waals surface area contributed by atoms with Crippen molar-refractivity contribution < 1.29 is 9.59 Å². The third kappa shape index (κ3) is 3.21. The Labute approximate surface area is 160 Å². The van der Waals surface area contributed by atoms with Crippen molar-refractivity contribution in [2.24, 2.45) is 5.92 Å². The number of nitrogen functional groups attached to an aromatic ring is 1. The highest BCUT2D eigenvalue weighted by molar-refractivity contribution is 6.04. The lowest BCUT2D eigenvalue weighted by Crippen LogP contribution is -2.46. The van der Waals surface area contributed by atoms with Crippen LogP contribution in [-0.4, -0.2) is 40.9 Å². The Bertz CT molecular complexity index is 876. The summed E-state index contributed by atoms with van der Waals surface area (Å²) in [5.74, 6) is -0.385. The molecule has 0 aromatic heterocycles. The average molecular weight is 363 g/mol. The minimum Gasteiger partial charge on any atom is -0.398 e. The average Bonchev–Trinajstić information content (AvgIpc) is 2.93. The lowest BCUT2D eigenvalue weighted by Gasteiger charge is -2.33. The van der Waals surface area contributed by atoms with E-state index in [9.17, 15) is 9.59 Å². The molecule has 0 saturated carbocycles. The van der Waals surface area contributed by atoms with E-state index in [1.807, 2.05) is 44.2 Å². The maximum absolute atomic E-state index is 13.4. The van der Waals surface area contributed by atoms with Crippen molar-refractivity contribution in [3.05, 3.63) is 72.3 Å². The van der Waals surface area contributed by atoms with Crippen LogP contribution < -0.4 is 5.73 Å².